The quantitative estimate of drug-likeness (QED) is 0.696. The van der Waals surface area contributed by atoms with Gasteiger partial charge >= 0.3 is 5.69 Å². The van der Waals surface area contributed by atoms with Crippen molar-refractivity contribution in [3.63, 3.8) is 0 Å². The van der Waals surface area contributed by atoms with Crippen molar-refractivity contribution in [2.75, 3.05) is 5.32 Å². The van der Waals surface area contributed by atoms with Crippen molar-refractivity contribution in [1.29, 1.82) is 0 Å². The molecule has 3 rings (SSSR count). The van der Waals surface area contributed by atoms with Crippen molar-refractivity contribution in [1.82, 2.24) is 9.13 Å². The number of nitrogens with one attached hydrogen (secondary N) is 1. The Kier molecular flexibility index (Phi) is 4.85. The lowest BCUT2D eigenvalue weighted by molar-refractivity contribution is -0.116. The van der Waals surface area contributed by atoms with Gasteiger partial charge in [0.25, 0.3) is 5.56 Å². The van der Waals surface area contributed by atoms with Gasteiger partial charge in [-0.1, -0.05) is 12.1 Å². The second kappa shape index (κ2) is 7.09. The Morgan fingerprint density at radius 3 is 2.62 bits per heavy atom. The number of thiophene rings is 1. The molecular weight excluding hydrogens is 354 g/mol. The van der Waals surface area contributed by atoms with E-state index in [1.165, 1.54) is 22.8 Å². The molecule has 0 aliphatic rings. The second-order valence-electron chi connectivity index (χ2n) is 5.74. The zero-order chi connectivity index (χ0) is 18.8. The average molecular weight is 371 g/mol. The largest absolute Gasteiger partial charge is 0.331 e. The number of carbonyl (C=O) groups is 2. The van der Waals surface area contributed by atoms with Crippen LogP contribution in [0.25, 0.3) is 10.2 Å². The standard InChI is InChI=1S/C18H17N3O4S/c1-3-20-17(24)16-14(7-8-26-16)21(18(20)25)10-15(23)19-13-6-4-5-12(9-13)11(2)22/h4-9H,3,10H2,1-2H3,(H,19,23). The number of aromatic nitrogens is 2. The minimum absolute atomic E-state index is 0.104. The summed E-state index contributed by atoms with van der Waals surface area (Å²) >= 11 is 1.24. The average Bonchev–Trinajstić information content (AvgIpc) is 3.09. The molecule has 0 unspecified atom stereocenters. The van der Waals surface area contributed by atoms with E-state index < -0.39 is 11.6 Å². The van der Waals surface area contributed by atoms with Gasteiger partial charge in [0.2, 0.25) is 5.91 Å². The number of rotatable bonds is 5. The molecule has 134 valence electrons. The summed E-state index contributed by atoms with van der Waals surface area (Å²) in [5.41, 5.74) is 0.549. The van der Waals surface area contributed by atoms with E-state index in [9.17, 15) is 19.2 Å². The maximum absolute atomic E-state index is 12.6. The summed E-state index contributed by atoms with van der Waals surface area (Å²) in [5.74, 6) is -0.520. The summed E-state index contributed by atoms with van der Waals surface area (Å²) in [7, 11) is 0. The molecule has 1 N–H and O–H groups in total. The molecule has 0 spiro atoms. The smallest absolute Gasteiger partial charge is 0.325 e. The van der Waals surface area contributed by atoms with Gasteiger partial charge in [-0.05, 0) is 37.4 Å². The molecule has 8 heteroatoms. The fraction of sp³-hybridized carbons (Fsp3) is 0.222. The SMILES string of the molecule is CCn1c(=O)c2sccc2n(CC(=O)Nc2cccc(C(C)=O)c2)c1=O. The summed E-state index contributed by atoms with van der Waals surface area (Å²) in [5, 5.41) is 4.41. The Hall–Kier alpha value is -3.00. The first-order valence-electron chi connectivity index (χ1n) is 8.04. The second-order valence-corrected chi connectivity index (χ2v) is 6.65. The van der Waals surface area contributed by atoms with Crippen LogP contribution in [0.4, 0.5) is 5.69 Å². The van der Waals surface area contributed by atoms with Gasteiger partial charge < -0.3 is 5.32 Å². The summed E-state index contributed by atoms with van der Waals surface area (Å²) in [6, 6.07) is 8.24. The molecular formula is C18H17N3O4S. The molecule has 0 saturated carbocycles. The maximum atomic E-state index is 12.6. The van der Waals surface area contributed by atoms with E-state index in [0.29, 0.717) is 21.5 Å². The van der Waals surface area contributed by atoms with E-state index in [-0.39, 0.29) is 24.4 Å². The Labute approximate surface area is 152 Å². The van der Waals surface area contributed by atoms with Crippen molar-refractivity contribution in [3.05, 3.63) is 62.1 Å². The van der Waals surface area contributed by atoms with E-state index in [1.807, 2.05) is 0 Å². The third-order valence-electron chi connectivity index (χ3n) is 4.01. The van der Waals surface area contributed by atoms with Gasteiger partial charge in [0, 0.05) is 17.8 Å². The van der Waals surface area contributed by atoms with Crippen molar-refractivity contribution in [2.45, 2.75) is 26.9 Å². The Bertz CT molecular complexity index is 1120. The van der Waals surface area contributed by atoms with Gasteiger partial charge in [-0.3, -0.25) is 23.5 Å². The highest BCUT2D eigenvalue weighted by molar-refractivity contribution is 7.17. The topological polar surface area (TPSA) is 90.2 Å². The third kappa shape index (κ3) is 3.23. The zero-order valence-electron chi connectivity index (χ0n) is 14.3. The number of carbonyl (C=O) groups excluding carboxylic acids is 2. The number of nitrogens with zero attached hydrogens (tertiary/aromatic N) is 2. The maximum Gasteiger partial charge on any atom is 0.331 e. The van der Waals surface area contributed by atoms with Crippen LogP contribution in [0, 0.1) is 0 Å². The van der Waals surface area contributed by atoms with Crippen LogP contribution < -0.4 is 16.6 Å². The zero-order valence-corrected chi connectivity index (χ0v) is 15.1. The fourth-order valence-electron chi connectivity index (χ4n) is 2.73. The first-order chi connectivity index (χ1) is 12.4. The van der Waals surface area contributed by atoms with E-state index >= 15 is 0 Å². The van der Waals surface area contributed by atoms with E-state index in [1.54, 1.807) is 42.6 Å². The molecule has 3 aromatic rings. The van der Waals surface area contributed by atoms with Crippen LogP contribution in [0.15, 0.2) is 45.3 Å². The molecule has 0 fully saturated rings. The fourth-order valence-corrected chi connectivity index (χ4v) is 3.57. The van der Waals surface area contributed by atoms with Crippen molar-refractivity contribution < 1.29 is 9.59 Å². The summed E-state index contributed by atoms with van der Waals surface area (Å²) < 4.78 is 2.85. The number of Topliss-reactive ketones (excluding diaryl/α,β-unsaturated/α-hetero) is 1. The molecule has 0 bridgehead atoms. The minimum Gasteiger partial charge on any atom is -0.325 e. The minimum atomic E-state index is -0.518. The lowest BCUT2D eigenvalue weighted by Crippen LogP contribution is -2.40. The predicted octanol–water partition coefficient (Wildman–Crippen LogP) is 2.09. The lowest BCUT2D eigenvalue weighted by atomic mass is 10.1. The molecule has 1 amide bonds. The van der Waals surface area contributed by atoms with E-state index in [2.05, 4.69) is 5.32 Å². The van der Waals surface area contributed by atoms with Crippen LogP contribution in [0.1, 0.15) is 24.2 Å². The highest BCUT2D eigenvalue weighted by atomic mass is 32.1. The van der Waals surface area contributed by atoms with Gasteiger partial charge in [-0.2, -0.15) is 0 Å². The van der Waals surface area contributed by atoms with Gasteiger partial charge in [0.05, 0.1) is 5.52 Å². The molecule has 1 aromatic carbocycles. The number of benzene rings is 1. The van der Waals surface area contributed by atoms with Crippen LogP contribution in [0.5, 0.6) is 0 Å². The summed E-state index contributed by atoms with van der Waals surface area (Å²) in [4.78, 5) is 48.7. The van der Waals surface area contributed by atoms with Crippen LogP contribution >= 0.6 is 11.3 Å². The molecule has 0 radical (unpaired) electrons. The van der Waals surface area contributed by atoms with Crippen LogP contribution in [-0.2, 0) is 17.9 Å². The monoisotopic (exact) mass is 371 g/mol. The normalized spacial score (nSPS) is 10.8. The highest BCUT2D eigenvalue weighted by Gasteiger charge is 2.15. The van der Waals surface area contributed by atoms with E-state index in [0.717, 1.165) is 4.57 Å². The van der Waals surface area contributed by atoms with Crippen molar-refractivity contribution in [2.24, 2.45) is 0 Å². The van der Waals surface area contributed by atoms with Gasteiger partial charge in [0.15, 0.2) is 5.78 Å². The van der Waals surface area contributed by atoms with Crippen molar-refractivity contribution >= 4 is 38.9 Å². The molecule has 7 nitrogen and oxygen atoms in total. The van der Waals surface area contributed by atoms with Gasteiger partial charge in [0.1, 0.15) is 11.2 Å². The number of hydrogen-bond donors (Lipinski definition) is 1. The molecule has 2 heterocycles. The van der Waals surface area contributed by atoms with Crippen LogP contribution in [0.3, 0.4) is 0 Å². The molecule has 2 aromatic heterocycles. The van der Waals surface area contributed by atoms with Gasteiger partial charge in [-0.25, -0.2) is 4.79 Å². The summed E-state index contributed by atoms with van der Waals surface area (Å²) in [6.45, 7) is 3.16. The van der Waals surface area contributed by atoms with E-state index in [4.69, 9.17) is 0 Å². The summed E-state index contributed by atoms with van der Waals surface area (Å²) in [6.07, 6.45) is 0. The Morgan fingerprint density at radius 2 is 1.92 bits per heavy atom. The predicted molar refractivity (Wildman–Crippen MR) is 101 cm³/mol. The van der Waals surface area contributed by atoms with Crippen LogP contribution in [0.2, 0.25) is 0 Å². The third-order valence-corrected chi connectivity index (χ3v) is 4.90. The molecule has 0 aliphatic carbocycles. The lowest BCUT2D eigenvalue weighted by Gasteiger charge is -2.11. The molecule has 26 heavy (non-hydrogen) atoms. The molecule has 0 atom stereocenters. The molecule has 0 aliphatic heterocycles. The first-order valence-corrected chi connectivity index (χ1v) is 8.92. The first kappa shape index (κ1) is 17.8. The van der Waals surface area contributed by atoms with Crippen molar-refractivity contribution in [3.8, 4) is 0 Å². The number of anilines is 1. The number of fused-ring (bicyclic) bond motifs is 1. The highest BCUT2D eigenvalue weighted by Crippen LogP contribution is 2.16. The van der Waals surface area contributed by atoms with Crippen LogP contribution in [-0.4, -0.2) is 20.8 Å². The number of hydrogen-bond acceptors (Lipinski definition) is 5. The Morgan fingerprint density at radius 1 is 1.15 bits per heavy atom. The van der Waals surface area contributed by atoms with Gasteiger partial charge in [-0.15, -0.1) is 11.3 Å². The number of ketones is 1. The Balaban J connectivity index is 1.94. The molecule has 0 saturated heterocycles. The number of amides is 1.